The summed E-state index contributed by atoms with van der Waals surface area (Å²) in [5.74, 6) is -0.579. The molecule has 3 heterocycles. The van der Waals surface area contributed by atoms with Gasteiger partial charge in [-0.1, -0.05) is 76.2 Å². The Morgan fingerprint density at radius 2 is 1.13 bits per heavy atom. The highest BCUT2D eigenvalue weighted by Crippen LogP contribution is 2.49. The first-order valence-electron chi connectivity index (χ1n) is 19.2. The molecule has 0 aromatic heterocycles. The highest BCUT2D eigenvalue weighted by atomic mass is 32.2. The van der Waals surface area contributed by atoms with Gasteiger partial charge in [0.05, 0.1) is 15.9 Å². The minimum atomic E-state index is -4.24. The Bertz CT molecular complexity index is 1950. The second kappa shape index (κ2) is 15.7. The van der Waals surface area contributed by atoms with E-state index in [0.717, 1.165) is 37.3 Å². The minimum absolute atomic E-state index is 0.235. The van der Waals surface area contributed by atoms with Gasteiger partial charge in [0.1, 0.15) is 13.1 Å². The van der Waals surface area contributed by atoms with Crippen molar-refractivity contribution in [3.8, 4) is 0 Å². The lowest BCUT2D eigenvalue weighted by molar-refractivity contribution is -0.536. The van der Waals surface area contributed by atoms with Crippen molar-refractivity contribution >= 4 is 37.3 Å². The number of hydrogen-bond donors (Lipinski definition) is 1. The lowest BCUT2D eigenvalue weighted by atomic mass is 9.83. The van der Waals surface area contributed by atoms with Crippen LogP contribution in [0.1, 0.15) is 96.6 Å². The molecule has 53 heavy (non-hydrogen) atoms. The van der Waals surface area contributed by atoms with Gasteiger partial charge in [-0.3, -0.25) is 4.55 Å². The fraction of sp³-hybridized carbons (Fsp3) is 0.500. The van der Waals surface area contributed by atoms with Crippen LogP contribution < -0.4 is 9.80 Å². The van der Waals surface area contributed by atoms with Crippen molar-refractivity contribution in [1.29, 1.82) is 0 Å². The molecule has 3 aliphatic heterocycles. The standard InChI is InChI=1S/C42H55N3O6S2/c1-41(2)34-16-6-8-18-36(34)44(28-12-14-30-52(46,47)48)38(41)24-22-32-20-21-33(40(32)43-26-10-5-11-27-43)23-25-39-42(3,4)35-17-7-9-19-37(35)45(39)29-13-15-31-53(49,50)51/h6-9,16-19,22-25H,5,10-15,20-21,26-31H2,1-4H3,(H-,46,47,48,49,50,51). The van der Waals surface area contributed by atoms with E-state index in [-0.39, 0.29) is 22.3 Å². The van der Waals surface area contributed by atoms with E-state index in [2.05, 4.69) is 109 Å². The van der Waals surface area contributed by atoms with Gasteiger partial charge >= 0.3 is 0 Å². The summed E-state index contributed by atoms with van der Waals surface area (Å²) in [6.45, 7) is 12.3. The van der Waals surface area contributed by atoms with Crippen molar-refractivity contribution in [3.05, 3.63) is 107 Å². The Morgan fingerprint density at radius 3 is 1.58 bits per heavy atom. The zero-order valence-corrected chi connectivity index (χ0v) is 33.3. The van der Waals surface area contributed by atoms with Crippen LogP contribution in [0.2, 0.25) is 0 Å². The smallest absolute Gasteiger partial charge is 0.264 e. The summed E-state index contributed by atoms with van der Waals surface area (Å²) in [5, 5.41) is 0. The van der Waals surface area contributed by atoms with Crippen LogP contribution in [0.15, 0.2) is 95.4 Å². The summed E-state index contributed by atoms with van der Waals surface area (Å²) in [4.78, 5) is 4.64. The van der Waals surface area contributed by atoms with Gasteiger partial charge in [0.25, 0.3) is 10.1 Å². The monoisotopic (exact) mass is 761 g/mol. The Kier molecular flexibility index (Phi) is 11.6. The van der Waals surface area contributed by atoms with Crippen LogP contribution >= 0.6 is 0 Å². The quantitative estimate of drug-likeness (QED) is 0.133. The van der Waals surface area contributed by atoms with Crippen LogP contribution in [0.3, 0.4) is 0 Å². The average Bonchev–Trinajstić information content (AvgIpc) is 3.68. The first kappa shape index (κ1) is 39.2. The molecule has 286 valence electrons. The number of anilines is 2. The second-order valence-corrected chi connectivity index (χ2v) is 19.0. The Hall–Kier alpha value is -3.51. The van der Waals surface area contributed by atoms with Gasteiger partial charge in [0.15, 0.2) is 0 Å². The average molecular weight is 762 g/mol. The molecule has 0 atom stereocenters. The van der Waals surface area contributed by atoms with Crippen LogP contribution in [-0.2, 0) is 31.1 Å². The number of fused-ring (bicyclic) bond motifs is 2. The summed E-state index contributed by atoms with van der Waals surface area (Å²) >= 11 is 0. The van der Waals surface area contributed by atoms with Crippen molar-refractivity contribution < 1.29 is 30.5 Å². The number of nitrogens with zero attached hydrogens (tertiary/aromatic N) is 3. The van der Waals surface area contributed by atoms with Crippen LogP contribution in [-0.4, -0.2) is 73.9 Å². The maximum atomic E-state index is 11.4. The predicted molar refractivity (Wildman–Crippen MR) is 213 cm³/mol. The highest BCUT2D eigenvalue weighted by molar-refractivity contribution is 7.85. The lowest BCUT2D eigenvalue weighted by Crippen LogP contribution is -2.28. The van der Waals surface area contributed by atoms with Gasteiger partial charge in [0.2, 0.25) is 5.71 Å². The van der Waals surface area contributed by atoms with Crippen LogP contribution in [0.4, 0.5) is 11.4 Å². The van der Waals surface area contributed by atoms with Crippen molar-refractivity contribution in [2.45, 2.75) is 96.3 Å². The Labute approximate surface area is 317 Å². The third kappa shape index (κ3) is 8.74. The summed E-state index contributed by atoms with van der Waals surface area (Å²) in [7, 11) is -8.24. The molecule has 2 aromatic rings. The van der Waals surface area contributed by atoms with E-state index in [1.165, 1.54) is 58.6 Å². The molecule has 4 aliphatic rings. The molecule has 0 spiro atoms. The van der Waals surface area contributed by atoms with Crippen LogP contribution in [0.5, 0.6) is 0 Å². The van der Waals surface area contributed by atoms with Crippen molar-refractivity contribution in [1.82, 2.24) is 0 Å². The first-order valence-corrected chi connectivity index (χ1v) is 22.3. The van der Waals surface area contributed by atoms with Gasteiger partial charge < -0.3 is 14.4 Å². The van der Waals surface area contributed by atoms with E-state index in [9.17, 15) is 25.9 Å². The van der Waals surface area contributed by atoms with E-state index in [4.69, 9.17) is 0 Å². The zero-order chi connectivity index (χ0) is 38.0. The molecule has 0 unspecified atom stereocenters. The minimum Gasteiger partial charge on any atom is -0.748 e. The maximum absolute atomic E-state index is 11.4. The molecule has 1 saturated carbocycles. The predicted octanol–water partition coefficient (Wildman–Crippen LogP) is 7.63. The SMILES string of the molecule is CC1(C)/C(=C\C=C2/CC/C(=C/C=C3/N(CCCCS(=O)(=O)O)c4ccccc4C3(C)C)C2=[N+]2CCCCC2)N(CCCCS(=O)(=O)[O-])c2ccccc21. The van der Waals surface area contributed by atoms with E-state index in [0.29, 0.717) is 38.8 Å². The second-order valence-electron chi connectivity index (χ2n) is 15.9. The number of piperidine rings is 1. The summed E-state index contributed by atoms with van der Waals surface area (Å²) < 4.78 is 68.6. The molecule has 9 nitrogen and oxygen atoms in total. The molecule has 0 radical (unpaired) electrons. The Morgan fingerprint density at radius 1 is 0.679 bits per heavy atom. The molecule has 0 bridgehead atoms. The molecule has 1 saturated heterocycles. The highest BCUT2D eigenvalue weighted by Gasteiger charge is 2.41. The number of rotatable bonds is 12. The summed E-state index contributed by atoms with van der Waals surface area (Å²) in [5.41, 5.74) is 10.6. The molecule has 2 aromatic carbocycles. The number of benzene rings is 2. The van der Waals surface area contributed by atoms with Crippen molar-refractivity contribution in [3.63, 3.8) is 0 Å². The topological polar surface area (TPSA) is 121 Å². The van der Waals surface area contributed by atoms with Gasteiger partial charge in [0, 0.05) is 76.4 Å². The molecule has 1 N–H and O–H groups in total. The van der Waals surface area contributed by atoms with Crippen molar-refractivity contribution in [2.24, 2.45) is 0 Å². The first-order chi connectivity index (χ1) is 25.1. The van der Waals surface area contributed by atoms with E-state index in [1.54, 1.807) is 0 Å². The summed E-state index contributed by atoms with van der Waals surface area (Å²) in [6.07, 6.45) is 16.6. The molecular formula is C42H55N3O6S2. The molecule has 11 heteroatoms. The van der Waals surface area contributed by atoms with E-state index in [1.807, 2.05) is 6.07 Å². The van der Waals surface area contributed by atoms with Gasteiger partial charge in [-0.2, -0.15) is 8.42 Å². The van der Waals surface area contributed by atoms with Gasteiger partial charge in [-0.15, -0.1) is 0 Å². The van der Waals surface area contributed by atoms with Crippen molar-refractivity contribution in [2.75, 3.05) is 47.5 Å². The molecule has 2 fully saturated rings. The Balaban J connectivity index is 1.34. The fourth-order valence-electron chi connectivity index (χ4n) is 8.79. The molecule has 6 rings (SSSR count). The lowest BCUT2D eigenvalue weighted by Gasteiger charge is -2.27. The number of unbranched alkanes of at least 4 members (excludes halogenated alkanes) is 2. The number of allylic oxidation sites excluding steroid dienone is 8. The molecule has 0 amide bonds. The van der Waals surface area contributed by atoms with Gasteiger partial charge in [-0.05, 0) is 80.4 Å². The fourth-order valence-corrected chi connectivity index (χ4v) is 9.91. The molecular weight excluding hydrogens is 707 g/mol. The van der Waals surface area contributed by atoms with Crippen LogP contribution in [0, 0.1) is 0 Å². The third-order valence-corrected chi connectivity index (χ3v) is 13.1. The van der Waals surface area contributed by atoms with Crippen LogP contribution in [0.25, 0.3) is 0 Å². The third-order valence-electron chi connectivity index (χ3n) is 11.5. The summed E-state index contributed by atoms with van der Waals surface area (Å²) in [6, 6.07) is 16.9. The molecule has 1 aliphatic carbocycles. The largest absolute Gasteiger partial charge is 0.748 e. The zero-order valence-electron chi connectivity index (χ0n) is 31.7. The normalized spacial score (nSPS) is 22.8. The number of para-hydroxylation sites is 2. The van der Waals surface area contributed by atoms with E-state index < -0.39 is 20.2 Å². The number of hydrogen-bond acceptors (Lipinski definition) is 7. The maximum Gasteiger partial charge on any atom is 0.264 e. The van der Waals surface area contributed by atoms with Gasteiger partial charge in [-0.25, -0.2) is 13.0 Å². The van der Waals surface area contributed by atoms with E-state index >= 15 is 0 Å².